The number of carboxylic acid groups (broad SMARTS) is 1. The third kappa shape index (κ3) is 3.06. The molecule has 2 saturated heterocycles. The Morgan fingerprint density at radius 1 is 1.08 bits per heavy atom. The van der Waals surface area contributed by atoms with Crippen molar-refractivity contribution in [2.24, 2.45) is 28.8 Å². The summed E-state index contributed by atoms with van der Waals surface area (Å²) in [6, 6.07) is 0. The molecule has 0 spiro atoms. The summed E-state index contributed by atoms with van der Waals surface area (Å²) in [5.74, 6) is 4.69. The topological polar surface area (TPSA) is 189 Å². The third-order valence-corrected chi connectivity index (χ3v) is 6.26. The van der Waals surface area contributed by atoms with E-state index in [1.54, 1.807) is 0 Å². The van der Waals surface area contributed by atoms with E-state index in [0.717, 1.165) is 5.01 Å². The van der Waals surface area contributed by atoms with Crippen molar-refractivity contribution in [3.8, 4) is 0 Å². The third-order valence-electron chi connectivity index (χ3n) is 6.26. The molecule has 0 radical (unpaired) electrons. The molecule has 10 nitrogen and oxygen atoms in total. The number of carbonyl (C=O) groups is 1. The first-order valence-corrected chi connectivity index (χ1v) is 8.88. The molecular weight excluding hydrogens is 339 g/mol. The number of hydrogen-bond donors (Lipinski definition) is 6. The number of nitrogens with two attached hydrogens (primary N) is 5. The Kier molecular flexibility index (Phi) is 5.28. The Morgan fingerprint density at radius 2 is 1.58 bits per heavy atom. The van der Waals surface area contributed by atoms with Crippen LogP contribution in [0.2, 0.25) is 6.32 Å². The van der Waals surface area contributed by atoms with E-state index in [1.165, 1.54) is 0 Å². The zero-order valence-corrected chi connectivity index (χ0v) is 16.1. The summed E-state index contributed by atoms with van der Waals surface area (Å²) in [5.41, 5.74) is 18.0. The van der Waals surface area contributed by atoms with Crippen LogP contribution in [0.25, 0.3) is 0 Å². The van der Waals surface area contributed by atoms with Crippen LogP contribution in [0.4, 0.5) is 0 Å². The molecule has 2 fully saturated rings. The quantitative estimate of drug-likeness (QED) is 0.138. The number of hydrazine groups is 1. The Labute approximate surface area is 154 Å². The number of rotatable bonds is 6. The van der Waals surface area contributed by atoms with Crippen LogP contribution < -0.4 is 28.8 Å². The predicted octanol–water partition coefficient (Wildman–Crippen LogP) is -1.51. The van der Waals surface area contributed by atoms with Crippen molar-refractivity contribution in [3.05, 3.63) is 0 Å². The van der Waals surface area contributed by atoms with Gasteiger partial charge in [-0.05, 0) is 40.4 Å². The Bertz CT molecular complexity index is 554. The highest BCUT2D eigenvalue weighted by atomic mass is 16.7. The number of hydrogen-bond acceptors (Lipinski definition) is 9. The summed E-state index contributed by atoms with van der Waals surface area (Å²) >= 11 is 0. The molecule has 11 heteroatoms. The molecule has 150 valence electrons. The van der Waals surface area contributed by atoms with Crippen molar-refractivity contribution in [1.82, 2.24) is 5.01 Å². The molecule has 2 rings (SSSR count). The maximum absolute atomic E-state index is 12.0. The zero-order valence-electron chi connectivity index (χ0n) is 16.1. The molecule has 1 unspecified atom stereocenters. The normalized spacial score (nSPS) is 32.1. The average molecular weight is 372 g/mol. The van der Waals surface area contributed by atoms with Gasteiger partial charge in [-0.1, -0.05) is 12.8 Å². The van der Waals surface area contributed by atoms with Crippen molar-refractivity contribution >= 4 is 13.1 Å². The number of carboxylic acids is 1. The van der Waals surface area contributed by atoms with E-state index < -0.39 is 34.0 Å². The summed E-state index contributed by atoms with van der Waals surface area (Å²) in [5, 5.41) is 10.9. The van der Waals surface area contributed by atoms with E-state index in [9.17, 15) is 9.90 Å². The van der Waals surface area contributed by atoms with Gasteiger partial charge in [-0.3, -0.25) is 10.6 Å². The number of nitrogens with zero attached hydrogens (tertiary/aromatic N) is 1. The molecule has 0 aromatic rings. The highest BCUT2D eigenvalue weighted by Crippen LogP contribution is 2.40. The first-order valence-electron chi connectivity index (χ1n) is 8.88. The van der Waals surface area contributed by atoms with E-state index in [-0.39, 0.29) is 20.1 Å². The SMILES string of the molecule is CC1(C)OB(CCCCC2(C(=O)O)N(N)CC(N)(N)C2(N)N)OC1(C)C. The molecule has 11 N–H and O–H groups in total. The van der Waals surface area contributed by atoms with E-state index in [0.29, 0.717) is 19.2 Å². The minimum Gasteiger partial charge on any atom is -0.480 e. The fourth-order valence-corrected chi connectivity index (χ4v) is 3.70. The molecular formula is C15H33BN6O4. The summed E-state index contributed by atoms with van der Waals surface area (Å²) in [6.07, 6.45) is 1.88. The maximum Gasteiger partial charge on any atom is 0.457 e. The fraction of sp³-hybridized carbons (Fsp3) is 0.933. The van der Waals surface area contributed by atoms with Gasteiger partial charge in [0.15, 0.2) is 5.54 Å². The van der Waals surface area contributed by atoms with Crippen LogP contribution in [0.5, 0.6) is 0 Å². The molecule has 0 saturated carbocycles. The monoisotopic (exact) mass is 372 g/mol. The summed E-state index contributed by atoms with van der Waals surface area (Å²) < 4.78 is 11.9. The highest BCUT2D eigenvalue weighted by molar-refractivity contribution is 6.45. The van der Waals surface area contributed by atoms with E-state index in [2.05, 4.69) is 0 Å². The minimum atomic E-state index is -1.88. The fourth-order valence-electron chi connectivity index (χ4n) is 3.70. The van der Waals surface area contributed by atoms with Crippen molar-refractivity contribution in [2.45, 2.75) is 81.3 Å². The van der Waals surface area contributed by atoms with Crippen molar-refractivity contribution in [1.29, 1.82) is 0 Å². The highest BCUT2D eigenvalue weighted by Gasteiger charge is 2.69. The lowest BCUT2D eigenvalue weighted by atomic mass is 9.76. The molecule has 26 heavy (non-hydrogen) atoms. The molecule has 1 atom stereocenters. The van der Waals surface area contributed by atoms with Crippen LogP contribution in [-0.2, 0) is 14.1 Å². The van der Waals surface area contributed by atoms with Crippen LogP contribution in [-0.4, -0.2) is 57.8 Å². The second kappa shape index (κ2) is 6.38. The van der Waals surface area contributed by atoms with Gasteiger partial charge in [-0.2, -0.15) is 0 Å². The van der Waals surface area contributed by atoms with Gasteiger partial charge in [0.25, 0.3) is 0 Å². The van der Waals surface area contributed by atoms with Crippen LogP contribution in [0.3, 0.4) is 0 Å². The van der Waals surface area contributed by atoms with Crippen LogP contribution >= 0.6 is 0 Å². The smallest absolute Gasteiger partial charge is 0.457 e. The maximum atomic E-state index is 12.0. The first-order chi connectivity index (χ1) is 11.6. The van der Waals surface area contributed by atoms with E-state index in [4.69, 9.17) is 38.1 Å². The molecule has 2 aliphatic rings. The molecule has 2 aliphatic heterocycles. The van der Waals surface area contributed by atoms with Crippen LogP contribution in [0, 0.1) is 0 Å². The number of aliphatic carboxylic acids is 1. The van der Waals surface area contributed by atoms with Crippen molar-refractivity contribution < 1.29 is 19.2 Å². The summed E-state index contributed by atoms with van der Waals surface area (Å²) in [6.45, 7) is 7.81. The molecule has 0 aromatic carbocycles. The van der Waals surface area contributed by atoms with Crippen LogP contribution in [0.1, 0.15) is 47.0 Å². The van der Waals surface area contributed by atoms with Gasteiger partial charge >= 0.3 is 13.1 Å². The lowest BCUT2D eigenvalue weighted by Crippen LogP contribution is -2.83. The van der Waals surface area contributed by atoms with Crippen molar-refractivity contribution in [3.63, 3.8) is 0 Å². The molecule has 0 aliphatic carbocycles. The number of unbranched alkanes of at least 4 members (excludes halogenated alkanes) is 1. The predicted molar refractivity (Wildman–Crippen MR) is 98.2 cm³/mol. The lowest BCUT2D eigenvalue weighted by molar-refractivity contribution is -0.154. The molecule has 2 heterocycles. The van der Waals surface area contributed by atoms with Gasteiger partial charge in [-0.15, -0.1) is 0 Å². The molecule has 0 aromatic heterocycles. The second-order valence-corrected chi connectivity index (χ2v) is 8.63. The Morgan fingerprint density at radius 3 is 1.96 bits per heavy atom. The second-order valence-electron chi connectivity index (χ2n) is 8.63. The van der Waals surface area contributed by atoms with Gasteiger partial charge < -0.3 is 37.3 Å². The first kappa shape index (κ1) is 21.5. The van der Waals surface area contributed by atoms with Gasteiger partial charge in [0.05, 0.1) is 11.2 Å². The van der Waals surface area contributed by atoms with Gasteiger partial charge in [0.2, 0.25) is 0 Å². The molecule has 0 amide bonds. The Hall–Kier alpha value is -0.785. The minimum absolute atomic E-state index is 0.113. The van der Waals surface area contributed by atoms with Gasteiger partial charge in [-0.25, -0.2) is 5.01 Å². The largest absolute Gasteiger partial charge is 0.480 e. The Balaban J connectivity index is 2.00. The molecule has 0 bridgehead atoms. The van der Waals surface area contributed by atoms with E-state index in [1.807, 2.05) is 27.7 Å². The lowest BCUT2D eigenvalue weighted by Gasteiger charge is -2.43. The summed E-state index contributed by atoms with van der Waals surface area (Å²) in [4.78, 5) is 12.0. The summed E-state index contributed by atoms with van der Waals surface area (Å²) in [7, 11) is -0.345. The standard InChI is InChI=1S/C15H33BN6O4/c1-11(2)12(3,4)26-16(25-11)8-6-5-7-13(10(23)24)15(19,20)14(17,18)9-22(13)21/h5-9,17-21H2,1-4H3,(H,23,24). The van der Waals surface area contributed by atoms with Crippen LogP contribution in [0.15, 0.2) is 0 Å². The van der Waals surface area contributed by atoms with Gasteiger partial charge in [0, 0.05) is 6.54 Å². The van der Waals surface area contributed by atoms with Gasteiger partial charge in [0.1, 0.15) is 11.3 Å². The average Bonchev–Trinajstić information content (AvgIpc) is 2.72. The van der Waals surface area contributed by atoms with Crippen molar-refractivity contribution in [2.75, 3.05) is 6.54 Å². The van der Waals surface area contributed by atoms with E-state index >= 15 is 0 Å². The zero-order chi connectivity index (χ0) is 20.2.